The van der Waals surface area contributed by atoms with E-state index in [1.807, 2.05) is 26.0 Å². The van der Waals surface area contributed by atoms with Crippen molar-refractivity contribution >= 4 is 16.8 Å². The van der Waals surface area contributed by atoms with Gasteiger partial charge in [0.2, 0.25) is 0 Å². The maximum absolute atomic E-state index is 13.1. The molecule has 1 aliphatic heterocycles. The molecule has 0 aliphatic carbocycles. The van der Waals surface area contributed by atoms with Gasteiger partial charge >= 0.3 is 0 Å². The number of ether oxygens (including phenoxy) is 1. The number of H-pyrrole nitrogens is 1. The minimum Gasteiger partial charge on any atom is -0.376 e. The number of carbonyl (C=O) groups is 1. The molecule has 0 saturated carbocycles. The van der Waals surface area contributed by atoms with E-state index in [0.29, 0.717) is 24.3 Å². The molecule has 1 N–H and O–H groups in total. The molecule has 1 aliphatic rings. The highest BCUT2D eigenvalue weighted by Gasteiger charge is 2.24. The van der Waals surface area contributed by atoms with E-state index in [0.717, 1.165) is 34.9 Å². The lowest BCUT2D eigenvalue weighted by Crippen LogP contribution is -2.38. The molecule has 3 heterocycles. The number of hydrogen-bond donors (Lipinski definition) is 1. The van der Waals surface area contributed by atoms with E-state index in [9.17, 15) is 9.59 Å². The second kappa shape index (κ2) is 8.17. The van der Waals surface area contributed by atoms with Crippen LogP contribution in [0.3, 0.4) is 0 Å². The highest BCUT2D eigenvalue weighted by Crippen LogP contribution is 2.20. The molecular weight excluding hydrogens is 366 g/mol. The normalized spacial score (nSPS) is 16.3. The molecule has 29 heavy (non-hydrogen) atoms. The Balaban J connectivity index is 1.68. The summed E-state index contributed by atoms with van der Waals surface area (Å²) in [5.74, 6) is -0.145. The Morgan fingerprint density at radius 1 is 1.31 bits per heavy atom. The average Bonchev–Trinajstić information content (AvgIpc) is 3.22. The van der Waals surface area contributed by atoms with Crippen molar-refractivity contribution in [1.82, 2.24) is 14.9 Å². The second-order valence-electron chi connectivity index (χ2n) is 7.73. The first-order valence-corrected chi connectivity index (χ1v) is 9.95. The Labute approximate surface area is 169 Å². The Bertz CT molecular complexity index is 1090. The van der Waals surface area contributed by atoms with Crippen LogP contribution in [0.25, 0.3) is 10.9 Å². The van der Waals surface area contributed by atoms with E-state index in [-0.39, 0.29) is 24.1 Å². The minimum absolute atomic E-state index is 0.000326. The number of carbonyl (C=O) groups excluding carboxylic acids is 1. The van der Waals surface area contributed by atoms with Gasteiger partial charge in [-0.05, 0) is 61.9 Å². The van der Waals surface area contributed by atoms with E-state index in [1.54, 1.807) is 29.4 Å². The molecular formula is C23H25N3O3. The van der Waals surface area contributed by atoms with Gasteiger partial charge in [0.05, 0.1) is 23.7 Å². The van der Waals surface area contributed by atoms with Gasteiger partial charge in [-0.15, -0.1) is 0 Å². The molecule has 0 radical (unpaired) electrons. The van der Waals surface area contributed by atoms with Crippen molar-refractivity contribution in [3.8, 4) is 0 Å². The van der Waals surface area contributed by atoms with Crippen LogP contribution in [0.4, 0.5) is 0 Å². The van der Waals surface area contributed by atoms with Gasteiger partial charge in [0.15, 0.2) is 0 Å². The standard InChI is InChI=1S/C23H25N3O3/c1-15-9-16(2)21-18(10-15)11-19(22(27)25-21)13-26(14-20-6-4-8-29-20)23(28)17-5-3-7-24-12-17/h3,5,7,9-12,20H,4,6,8,13-14H2,1-2H3,(H,25,27). The Morgan fingerprint density at radius 2 is 2.17 bits per heavy atom. The van der Waals surface area contributed by atoms with Crippen LogP contribution in [0.2, 0.25) is 0 Å². The molecule has 1 aromatic carbocycles. The zero-order valence-corrected chi connectivity index (χ0v) is 16.8. The highest BCUT2D eigenvalue weighted by molar-refractivity contribution is 5.94. The number of aromatic nitrogens is 2. The Kier molecular flexibility index (Phi) is 5.45. The van der Waals surface area contributed by atoms with Crippen molar-refractivity contribution in [3.05, 3.63) is 75.3 Å². The summed E-state index contributed by atoms with van der Waals surface area (Å²) in [4.78, 5) is 34.7. The SMILES string of the molecule is Cc1cc(C)c2[nH]c(=O)c(CN(CC3CCCO3)C(=O)c3cccnc3)cc2c1. The summed E-state index contributed by atoms with van der Waals surface area (Å²) in [5, 5.41) is 0.975. The number of amides is 1. The third-order valence-electron chi connectivity index (χ3n) is 5.38. The van der Waals surface area contributed by atoms with Crippen molar-refractivity contribution in [2.75, 3.05) is 13.2 Å². The van der Waals surface area contributed by atoms with Crippen LogP contribution in [0.15, 0.2) is 47.5 Å². The van der Waals surface area contributed by atoms with Crippen molar-refractivity contribution in [2.24, 2.45) is 0 Å². The van der Waals surface area contributed by atoms with E-state index in [1.165, 1.54) is 0 Å². The number of aryl methyl sites for hydroxylation is 2. The first kappa shape index (κ1) is 19.3. The van der Waals surface area contributed by atoms with E-state index in [2.05, 4.69) is 16.0 Å². The van der Waals surface area contributed by atoms with Crippen LogP contribution >= 0.6 is 0 Å². The quantitative estimate of drug-likeness (QED) is 0.724. The third kappa shape index (κ3) is 4.22. The molecule has 6 nitrogen and oxygen atoms in total. The van der Waals surface area contributed by atoms with Crippen molar-refractivity contribution < 1.29 is 9.53 Å². The van der Waals surface area contributed by atoms with Gasteiger partial charge in [-0.3, -0.25) is 14.6 Å². The van der Waals surface area contributed by atoms with Gasteiger partial charge in [-0.1, -0.05) is 11.6 Å². The Hall–Kier alpha value is -2.99. The summed E-state index contributed by atoms with van der Waals surface area (Å²) in [6.45, 7) is 5.42. The predicted molar refractivity (Wildman–Crippen MR) is 112 cm³/mol. The number of pyridine rings is 2. The average molecular weight is 391 g/mol. The van der Waals surface area contributed by atoms with Gasteiger partial charge in [-0.2, -0.15) is 0 Å². The number of fused-ring (bicyclic) bond motifs is 1. The minimum atomic E-state index is -0.166. The van der Waals surface area contributed by atoms with Crippen molar-refractivity contribution in [2.45, 2.75) is 39.3 Å². The highest BCUT2D eigenvalue weighted by atomic mass is 16.5. The molecule has 1 amide bonds. The summed E-state index contributed by atoms with van der Waals surface area (Å²) < 4.78 is 5.74. The van der Waals surface area contributed by atoms with Crippen LogP contribution in [-0.2, 0) is 11.3 Å². The largest absolute Gasteiger partial charge is 0.376 e. The van der Waals surface area contributed by atoms with Crippen LogP contribution in [0, 0.1) is 13.8 Å². The monoisotopic (exact) mass is 391 g/mol. The van der Waals surface area contributed by atoms with E-state index < -0.39 is 0 Å². The molecule has 6 heteroatoms. The van der Waals surface area contributed by atoms with Gasteiger partial charge < -0.3 is 14.6 Å². The van der Waals surface area contributed by atoms with Crippen LogP contribution < -0.4 is 5.56 Å². The van der Waals surface area contributed by atoms with Gasteiger partial charge in [0, 0.05) is 31.1 Å². The van der Waals surface area contributed by atoms with E-state index in [4.69, 9.17) is 4.74 Å². The number of hydrogen-bond acceptors (Lipinski definition) is 4. The van der Waals surface area contributed by atoms with Gasteiger partial charge in [0.25, 0.3) is 11.5 Å². The second-order valence-corrected chi connectivity index (χ2v) is 7.73. The molecule has 1 atom stereocenters. The maximum atomic E-state index is 13.1. The van der Waals surface area contributed by atoms with Crippen LogP contribution in [0.5, 0.6) is 0 Å². The van der Waals surface area contributed by atoms with Crippen LogP contribution in [0.1, 0.15) is 39.9 Å². The zero-order valence-electron chi connectivity index (χ0n) is 16.8. The topological polar surface area (TPSA) is 75.3 Å². The lowest BCUT2D eigenvalue weighted by atomic mass is 10.0. The predicted octanol–water partition coefficient (Wildman–Crippen LogP) is 3.36. The lowest BCUT2D eigenvalue weighted by Gasteiger charge is -2.25. The summed E-state index contributed by atoms with van der Waals surface area (Å²) in [6, 6.07) is 9.48. The number of benzene rings is 1. The van der Waals surface area contributed by atoms with Crippen molar-refractivity contribution in [3.63, 3.8) is 0 Å². The number of aromatic amines is 1. The number of nitrogens with one attached hydrogen (secondary N) is 1. The fourth-order valence-electron chi connectivity index (χ4n) is 3.98. The third-order valence-corrected chi connectivity index (χ3v) is 5.38. The summed E-state index contributed by atoms with van der Waals surface area (Å²) >= 11 is 0. The van der Waals surface area contributed by atoms with Crippen LogP contribution in [-0.4, -0.2) is 40.0 Å². The van der Waals surface area contributed by atoms with Gasteiger partial charge in [-0.25, -0.2) is 0 Å². The first-order valence-electron chi connectivity index (χ1n) is 9.95. The fourth-order valence-corrected chi connectivity index (χ4v) is 3.98. The summed E-state index contributed by atoms with van der Waals surface area (Å²) in [7, 11) is 0. The molecule has 0 bridgehead atoms. The molecule has 0 spiro atoms. The van der Waals surface area contributed by atoms with Crippen molar-refractivity contribution in [1.29, 1.82) is 0 Å². The fraction of sp³-hybridized carbons (Fsp3) is 0.348. The molecule has 1 saturated heterocycles. The lowest BCUT2D eigenvalue weighted by molar-refractivity contribution is 0.0506. The molecule has 3 aromatic rings. The Morgan fingerprint density at radius 3 is 2.90 bits per heavy atom. The molecule has 1 unspecified atom stereocenters. The first-order chi connectivity index (χ1) is 14.0. The molecule has 1 fully saturated rings. The summed E-state index contributed by atoms with van der Waals surface area (Å²) in [6.07, 6.45) is 5.11. The maximum Gasteiger partial charge on any atom is 0.255 e. The molecule has 4 rings (SSSR count). The number of nitrogens with zero attached hydrogens (tertiary/aromatic N) is 2. The van der Waals surface area contributed by atoms with Gasteiger partial charge in [0.1, 0.15) is 0 Å². The molecule has 2 aromatic heterocycles. The zero-order chi connectivity index (χ0) is 20.4. The molecule has 150 valence electrons. The number of rotatable bonds is 5. The summed E-state index contributed by atoms with van der Waals surface area (Å²) in [5.41, 5.74) is 3.92. The van der Waals surface area contributed by atoms with E-state index >= 15 is 0 Å². The smallest absolute Gasteiger partial charge is 0.255 e.